The average molecular weight is 215 g/mol. The normalized spacial score (nSPS) is 23.1. The first-order valence-corrected chi connectivity index (χ1v) is 5.59. The van der Waals surface area contributed by atoms with Crippen LogP contribution in [-0.4, -0.2) is 31.8 Å². The van der Waals surface area contributed by atoms with E-state index in [1.165, 1.54) is 0 Å². The summed E-state index contributed by atoms with van der Waals surface area (Å²) in [7, 11) is 0. The Hall–Kier alpha value is -0.610. The van der Waals surface area contributed by atoms with Gasteiger partial charge in [0.2, 0.25) is 0 Å². The predicted octanol–water partition coefficient (Wildman–Crippen LogP) is 0.940. The maximum Gasteiger partial charge on any atom is 0.322 e. The van der Waals surface area contributed by atoms with E-state index >= 15 is 0 Å². The third kappa shape index (κ3) is 4.62. The molecule has 0 aromatic heterocycles. The zero-order valence-electron chi connectivity index (χ0n) is 9.57. The van der Waals surface area contributed by atoms with E-state index in [1.807, 2.05) is 13.8 Å². The Morgan fingerprint density at radius 1 is 1.60 bits per heavy atom. The second kappa shape index (κ2) is 6.08. The predicted molar refractivity (Wildman–Crippen MR) is 57.3 cm³/mol. The molecule has 0 aliphatic carbocycles. The molecule has 1 rings (SSSR count). The summed E-state index contributed by atoms with van der Waals surface area (Å²) in [5.74, 6) is 0.498. The smallest absolute Gasteiger partial charge is 0.322 e. The fraction of sp³-hybridized carbons (Fsp3) is 0.909. The Kier molecular flexibility index (Phi) is 5.05. The first-order chi connectivity index (χ1) is 7.09. The van der Waals surface area contributed by atoms with E-state index in [0.29, 0.717) is 31.5 Å². The van der Waals surface area contributed by atoms with Gasteiger partial charge in [0.15, 0.2) is 0 Å². The lowest BCUT2D eigenvalue weighted by Gasteiger charge is -2.14. The Labute approximate surface area is 91.1 Å². The summed E-state index contributed by atoms with van der Waals surface area (Å²) in [4.78, 5) is 11.4. The number of nitrogens with two attached hydrogens (primary N) is 1. The van der Waals surface area contributed by atoms with E-state index in [0.717, 1.165) is 13.0 Å². The van der Waals surface area contributed by atoms with E-state index in [-0.39, 0.29) is 5.97 Å². The molecule has 0 aromatic carbocycles. The highest BCUT2D eigenvalue weighted by Gasteiger charge is 2.21. The molecule has 88 valence electrons. The SMILES string of the molecule is CC(C)C[C@H](N)C(=O)OCC1CCOC1. The maximum absolute atomic E-state index is 11.4. The number of rotatable bonds is 5. The third-order valence-electron chi connectivity index (χ3n) is 2.51. The Morgan fingerprint density at radius 3 is 2.87 bits per heavy atom. The van der Waals surface area contributed by atoms with Crippen LogP contribution in [0.25, 0.3) is 0 Å². The van der Waals surface area contributed by atoms with Crippen LogP contribution in [0.15, 0.2) is 0 Å². The van der Waals surface area contributed by atoms with Crippen LogP contribution < -0.4 is 5.73 Å². The summed E-state index contributed by atoms with van der Waals surface area (Å²) in [6.07, 6.45) is 1.66. The van der Waals surface area contributed by atoms with E-state index < -0.39 is 6.04 Å². The van der Waals surface area contributed by atoms with Crippen molar-refractivity contribution < 1.29 is 14.3 Å². The van der Waals surface area contributed by atoms with Crippen molar-refractivity contribution >= 4 is 5.97 Å². The topological polar surface area (TPSA) is 61.6 Å². The van der Waals surface area contributed by atoms with Gasteiger partial charge in [0, 0.05) is 12.5 Å². The van der Waals surface area contributed by atoms with Crippen LogP contribution in [-0.2, 0) is 14.3 Å². The highest BCUT2D eigenvalue weighted by atomic mass is 16.5. The molecule has 4 nitrogen and oxygen atoms in total. The van der Waals surface area contributed by atoms with Crippen LogP contribution in [0.4, 0.5) is 0 Å². The van der Waals surface area contributed by atoms with Crippen molar-refractivity contribution in [3.05, 3.63) is 0 Å². The molecular weight excluding hydrogens is 194 g/mol. The van der Waals surface area contributed by atoms with Gasteiger partial charge in [0.05, 0.1) is 13.2 Å². The van der Waals surface area contributed by atoms with Crippen molar-refractivity contribution in [3.8, 4) is 0 Å². The Balaban J connectivity index is 2.16. The second-order valence-corrected chi connectivity index (χ2v) is 4.60. The monoisotopic (exact) mass is 215 g/mol. The zero-order valence-corrected chi connectivity index (χ0v) is 9.57. The van der Waals surface area contributed by atoms with Crippen LogP contribution in [0.3, 0.4) is 0 Å². The molecule has 0 saturated carbocycles. The molecule has 4 heteroatoms. The highest BCUT2D eigenvalue weighted by molar-refractivity contribution is 5.75. The molecule has 0 amide bonds. The van der Waals surface area contributed by atoms with Crippen molar-refractivity contribution in [1.82, 2.24) is 0 Å². The van der Waals surface area contributed by atoms with Gasteiger partial charge in [-0.15, -0.1) is 0 Å². The second-order valence-electron chi connectivity index (χ2n) is 4.60. The molecule has 1 saturated heterocycles. The lowest BCUT2D eigenvalue weighted by molar-refractivity contribution is -0.147. The van der Waals surface area contributed by atoms with Crippen LogP contribution in [0.2, 0.25) is 0 Å². The van der Waals surface area contributed by atoms with Gasteiger partial charge in [-0.05, 0) is 18.8 Å². The minimum atomic E-state index is -0.479. The summed E-state index contributed by atoms with van der Waals surface area (Å²) >= 11 is 0. The molecule has 2 atom stereocenters. The quantitative estimate of drug-likeness (QED) is 0.693. The lowest BCUT2D eigenvalue weighted by Crippen LogP contribution is -2.34. The van der Waals surface area contributed by atoms with Crippen molar-refractivity contribution in [3.63, 3.8) is 0 Å². The molecule has 15 heavy (non-hydrogen) atoms. The summed E-state index contributed by atoms with van der Waals surface area (Å²) in [5, 5.41) is 0. The third-order valence-corrected chi connectivity index (χ3v) is 2.51. The summed E-state index contributed by atoms with van der Waals surface area (Å²) in [5.41, 5.74) is 5.70. The Morgan fingerprint density at radius 2 is 2.33 bits per heavy atom. The molecule has 1 aliphatic rings. The van der Waals surface area contributed by atoms with Crippen LogP contribution in [0.1, 0.15) is 26.7 Å². The minimum Gasteiger partial charge on any atom is -0.464 e. The van der Waals surface area contributed by atoms with Crippen molar-refractivity contribution in [2.24, 2.45) is 17.6 Å². The number of carbonyl (C=O) groups excluding carboxylic acids is 1. The molecule has 0 radical (unpaired) electrons. The summed E-state index contributed by atoms with van der Waals surface area (Å²) in [6.45, 7) is 6.01. The summed E-state index contributed by atoms with van der Waals surface area (Å²) in [6, 6.07) is -0.479. The van der Waals surface area contributed by atoms with Crippen molar-refractivity contribution in [1.29, 1.82) is 0 Å². The van der Waals surface area contributed by atoms with E-state index in [4.69, 9.17) is 15.2 Å². The van der Waals surface area contributed by atoms with E-state index in [9.17, 15) is 4.79 Å². The van der Waals surface area contributed by atoms with Gasteiger partial charge in [-0.3, -0.25) is 4.79 Å². The van der Waals surface area contributed by atoms with Gasteiger partial charge in [-0.1, -0.05) is 13.8 Å². The molecule has 0 spiro atoms. The molecule has 2 N–H and O–H groups in total. The number of ether oxygens (including phenoxy) is 2. The fourth-order valence-corrected chi connectivity index (χ4v) is 1.63. The molecule has 1 heterocycles. The number of esters is 1. The van der Waals surface area contributed by atoms with Crippen molar-refractivity contribution in [2.75, 3.05) is 19.8 Å². The van der Waals surface area contributed by atoms with Crippen LogP contribution in [0, 0.1) is 11.8 Å². The Bertz CT molecular complexity index is 200. The number of hydrogen-bond donors (Lipinski definition) is 1. The first kappa shape index (κ1) is 12.5. The van der Waals surface area contributed by atoms with Gasteiger partial charge >= 0.3 is 5.97 Å². The van der Waals surface area contributed by atoms with Gasteiger partial charge in [0.1, 0.15) is 6.04 Å². The minimum absolute atomic E-state index is 0.282. The molecule has 1 aliphatic heterocycles. The molecule has 1 fully saturated rings. The number of hydrogen-bond acceptors (Lipinski definition) is 4. The summed E-state index contributed by atoms with van der Waals surface area (Å²) < 4.78 is 10.3. The van der Waals surface area contributed by atoms with Gasteiger partial charge in [-0.2, -0.15) is 0 Å². The molecule has 1 unspecified atom stereocenters. The molecule has 0 bridgehead atoms. The fourth-order valence-electron chi connectivity index (χ4n) is 1.63. The van der Waals surface area contributed by atoms with Gasteiger partial charge in [-0.25, -0.2) is 0 Å². The van der Waals surface area contributed by atoms with Crippen molar-refractivity contribution in [2.45, 2.75) is 32.7 Å². The van der Waals surface area contributed by atoms with Crippen LogP contribution in [0.5, 0.6) is 0 Å². The van der Waals surface area contributed by atoms with E-state index in [2.05, 4.69) is 0 Å². The van der Waals surface area contributed by atoms with Crippen LogP contribution >= 0.6 is 0 Å². The first-order valence-electron chi connectivity index (χ1n) is 5.59. The van der Waals surface area contributed by atoms with Gasteiger partial charge in [0.25, 0.3) is 0 Å². The largest absolute Gasteiger partial charge is 0.464 e. The highest BCUT2D eigenvalue weighted by Crippen LogP contribution is 2.13. The number of carbonyl (C=O) groups is 1. The average Bonchev–Trinajstić information content (AvgIpc) is 2.65. The maximum atomic E-state index is 11.4. The van der Waals surface area contributed by atoms with E-state index in [1.54, 1.807) is 0 Å². The van der Waals surface area contributed by atoms with Gasteiger partial charge < -0.3 is 15.2 Å². The standard InChI is InChI=1S/C11H21NO3/c1-8(2)5-10(12)11(13)15-7-9-3-4-14-6-9/h8-10H,3-7,12H2,1-2H3/t9?,10-/m0/s1. The molecular formula is C11H21NO3. The lowest BCUT2D eigenvalue weighted by atomic mass is 10.0. The molecule has 0 aromatic rings. The zero-order chi connectivity index (χ0) is 11.3.